The molecule has 0 nitrogen and oxygen atoms in total. The van der Waals surface area contributed by atoms with Gasteiger partial charge in [0.1, 0.15) is 5.41 Å². The molecule has 0 spiro atoms. The van der Waals surface area contributed by atoms with Gasteiger partial charge in [0.2, 0.25) is 0 Å². The highest BCUT2D eigenvalue weighted by Gasteiger charge is 2.34. The van der Waals surface area contributed by atoms with Gasteiger partial charge in [0.25, 0.3) is 0 Å². The van der Waals surface area contributed by atoms with E-state index in [0.717, 1.165) is 22.3 Å². The van der Waals surface area contributed by atoms with Crippen molar-refractivity contribution in [2.24, 2.45) is 0 Å². The number of hydrogen-bond donors (Lipinski definition) is 0. The van der Waals surface area contributed by atoms with Gasteiger partial charge in [-0.3, -0.25) is 0 Å². The summed E-state index contributed by atoms with van der Waals surface area (Å²) in [5, 5.41) is 0. The predicted octanol–water partition coefficient (Wildman–Crippen LogP) is 6.08. The predicted molar refractivity (Wildman–Crippen MR) is 120 cm³/mol. The lowest BCUT2D eigenvalue weighted by atomic mass is 9.70. The first kappa shape index (κ1) is 18.4. The van der Waals surface area contributed by atoms with E-state index in [0.29, 0.717) is 0 Å². The molecule has 0 N–H and O–H groups in total. The lowest BCUT2D eigenvalue weighted by Crippen LogP contribution is -2.27. The smallest absolute Gasteiger partial charge is 0.0677 e. The van der Waals surface area contributed by atoms with Crippen LogP contribution in [0.25, 0.3) is 0 Å². The van der Waals surface area contributed by atoms with Crippen LogP contribution >= 0.6 is 0 Å². The van der Waals surface area contributed by atoms with Crippen molar-refractivity contribution in [3.63, 3.8) is 0 Å². The summed E-state index contributed by atoms with van der Waals surface area (Å²) in [7, 11) is 0. The van der Waals surface area contributed by atoms with Gasteiger partial charge >= 0.3 is 0 Å². The molecule has 0 fully saturated rings. The molecular weight excluding hydrogens is 348 g/mol. The van der Waals surface area contributed by atoms with E-state index < -0.39 is 5.41 Å². The SMILES string of the molecule is C(C#CC(c1ccccc1)(c1ccccc1)c1ccccc1)#Cc1ccccc1. The summed E-state index contributed by atoms with van der Waals surface area (Å²) in [6, 6.07) is 41.3. The molecular formula is C29H20. The highest BCUT2D eigenvalue weighted by Crippen LogP contribution is 2.38. The molecule has 0 atom stereocenters. The molecule has 0 heterocycles. The molecule has 29 heavy (non-hydrogen) atoms. The van der Waals surface area contributed by atoms with E-state index in [2.05, 4.69) is 96.5 Å². The molecule has 0 aliphatic carbocycles. The minimum atomic E-state index is -0.588. The van der Waals surface area contributed by atoms with Gasteiger partial charge in [-0.15, -0.1) is 0 Å². The first-order chi connectivity index (χ1) is 14.4. The minimum Gasteiger partial charge on any atom is -0.0677 e. The van der Waals surface area contributed by atoms with E-state index in [-0.39, 0.29) is 0 Å². The van der Waals surface area contributed by atoms with Gasteiger partial charge in [-0.05, 0) is 40.7 Å². The quantitative estimate of drug-likeness (QED) is 0.304. The van der Waals surface area contributed by atoms with E-state index >= 15 is 0 Å². The van der Waals surface area contributed by atoms with Crippen molar-refractivity contribution < 1.29 is 0 Å². The molecule has 0 aliphatic rings. The minimum absolute atomic E-state index is 0.588. The van der Waals surface area contributed by atoms with Crippen LogP contribution in [0.15, 0.2) is 121 Å². The van der Waals surface area contributed by atoms with Crippen LogP contribution in [0, 0.1) is 23.7 Å². The fourth-order valence-electron chi connectivity index (χ4n) is 3.53. The van der Waals surface area contributed by atoms with Gasteiger partial charge in [0.15, 0.2) is 0 Å². The summed E-state index contributed by atoms with van der Waals surface area (Å²) < 4.78 is 0. The maximum Gasteiger partial charge on any atom is 0.107 e. The Labute approximate surface area is 172 Å². The molecule has 0 radical (unpaired) electrons. The fraction of sp³-hybridized carbons (Fsp3) is 0.0345. The Hall–Kier alpha value is -4.00. The number of benzene rings is 4. The molecule has 136 valence electrons. The molecule has 0 unspecified atom stereocenters. The van der Waals surface area contributed by atoms with Crippen LogP contribution in [-0.2, 0) is 5.41 Å². The van der Waals surface area contributed by atoms with Crippen molar-refractivity contribution in [2.75, 3.05) is 0 Å². The average molecular weight is 368 g/mol. The van der Waals surface area contributed by atoms with Gasteiger partial charge in [0.05, 0.1) is 0 Å². The molecule has 0 heteroatoms. The van der Waals surface area contributed by atoms with Gasteiger partial charge in [-0.2, -0.15) is 0 Å². The van der Waals surface area contributed by atoms with Crippen molar-refractivity contribution in [1.82, 2.24) is 0 Å². The van der Waals surface area contributed by atoms with Crippen molar-refractivity contribution >= 4 is 0 Å². The van der Waals surface area contributed by atoms with Crippen LogP contribution in [-0.4, -0.2) is 0 Å². The molecule has 4 aromatic carbocycles. The zero-order valence-electron chi connectivity index (χ0n) is 16.0. The van der Waals surface area contributed by atoms with E-state index in [4.69, 9.17) is 0 Å². The lowest BCUT2D eigenvalue weighted by Gasteiger charge is -2.30. The van der Waals surface area contributed by atoms with Crippen molar-refractivity contribution in [3.8, 4) is 23.7 Å². The molecule has 0 saturated heterocycles. The van der Waals surface area contributed by atoms with Gasteiger partial charge in [-0.25, -0.2) is 0 Å². The van der Waals surface area contributed by atoms with Crippen LogP contribution < -0.4 is 0 Å². The summed E-state index contributed by atoms with van der Waals surface area (Å²) in [6.45, 7) is 0. The first-order valence-electron chi connectivity index (χ1n) is 9.64. The second-order valence-corrected chi connectivity index (χ2v) is 6.71. The average Bonchev–Trinajstić information content (AvgIpc) is 2.82. The second kappa shape index (κ2) is 8.79. The third-order valence-corrected chi connectivity index (χ3v) is 4.91. The summed E-state index contributed by atoms with van der Waals surface area (Å²) in [6.07, 6.45) is 0. The van der Waals surface area contributed by atoms with Crippen LogP contribution in [0.4, 0.5) is 0 Å². The Bertz CT molecular complexity index is 1070. The standard InChI is InChI=1S/C29H20/c1-5-15-25(16-6-1)17-13-14-24-29(26-18-7-2-8-19-26,27-20-9-3-10-21-27)28-22-11-4-12-23-28/h1-12,15-16,18-23H. The number of rotatable bonds is 3. The Morgan fingerprint density at radius 3 is 1.21 bits per heavy atom. The highest BCUT2D eigenvalue weighted by molar-refractivity contribution is 5.59. The molecule has 0 aliphatic heterocycles. The number of hydrogen-bond acceptors (Lipinski definition) is 0. The largest absolute Gasteiger partial charge is 0.107 e. The van der Waals surface area contributed by atoms with Gasteiger partial charge in [-0.1, -0.05) is 121 Å². The Kier molecular flexibility index (Phi) is 5.57. The molecule has 0 amide bonds. The summed E-state index contributed by atoms with van der Waals surface area (Å²) in [5.41, 5.74) is 3.77. The molecule has 4 aromatic rings. The van der Waals surface area contributed by atoms with Crippen LogP contribution in [0.5, 0.6) is 0 Å². The summed E-state index contributed by atoms with van der Waals surface area (Å²) >= 11 is 0. The van der Waals surface area contributed by atoms with Crippen LogP contribution in [0.3, 0.4) is 0 Å². The Morgan fingerprint density at radius 1 is 0.414 bits per heavy atom. The van der Waals surface area contributed by atoms with E-state index in [9.17, 15) is 0 Å². The summed E-state index contributed by atoms with van der Waals surface area (Å²) in [5.74, 6) is 12.9. The highest BCUT2D eigenvalue weighted by atomic mass is 14.3. The van der Waals surface area contributed by atoms with Crippen LogP contribution in [0.1, 0.15) is 22.3 Å². The Morgan fingerprint density at radius 2 is 0.793 bits per heavy atom. The summed E-state index contributed by atoms with van der Waals surface area (Å²) in [4.78, 5) is 0. The third-order valence-electron chi connectivity index (χ3n) is 4.91. The zero-order chi connectivity index (χ0) is 19.8. The van der Waals surface area contributed by atoms with Crippen molar-refractivity contribution in [3.05, 3.63) is 144 Å². The maximum atomic E-state index is 3.53. The third kappa shape index (κ3) is 3.98. The molecule has 4 rings (SSSR count). The van der Waals surface area contributed by atoms with Gasteiger partial charge < -0.3 is 0 Å². The van der Waals surface area contributed by atoms with Crippen LogP contribution in [0.2, 0.25) is 0 Å². The Balaban J connectivity index is 1.92. The fourth-order valence-corrected chi connectivity index (χ4v) is 3.53. The molecule has 0 saturated carbocycles. The zero-order valence-corrected chi connectivity index (χ0v) is 16.0. The topological polar surface area (TPSA) is 0 Å². The van der Waals surface area contributed by atoms with E-state index in [1.165, 1.54) is 0 Å². The lowest BCUT2D eigenvalue weighted by molar-refractivity contribution is 0.809. The molecule has 0 bridgehead atoms. The normalized spacial score (nSPS) is 10.2. The second-order valence-electron chi connectivity index (χ2n) is 6.71. The van der Waals surface area contributed by atoms with Crippen molar-refractivity contribution in [1.29, 1.82) is 0 Å². The van der Waals surface area contributed by atoms with E-state index in [1.54, 1.807) is 0 Å². The van der Waals surface area contributed by atoms with Gasteiger partial charge in [0, 0.05) is 5.56 Å². The maximum absolute atomic E-state index is 3.53. The van der Waals surface area contributed by atoms with Crippen molar-refractivity contribution in [2.45, 2.75) is 5.41 Å². The van der Waals surface area contributed by atoms with E-state index in [1.807, 2.05) is 48.5 Å². The molecule has 0 aromatic heterocycles. The first-order valence-corrected chi connectivity index (χ1v) is 9.64. The monoisotopic (exact) mass is 368 g/mol.